The van der Waals surface area contributed by atoms with E-state index in [2.05, 4.69) is 27.3 Å². The van der Waals surface area contributed by atoms with Crippen LogP contribution >= 0.6 is 27.5 Å². The lowest BCUT2D eigenvalue weighted by Gasteiger charge is -2.16. The first kappa shape index (κ1) is 23.5. The van der Waals surface area contributed by atoms with Crippen LogP contribution in [0.5, 0.6) is 17.2 Å². The third-order valence-electron chi connectivity index (χ3n) is 4.78. The maximum absolute atomic E-state index is 6.07. The highest BCUT2D eigenvalue weighted by molar-refractivity contribution is 9.10. The normalized spacial score (nSPS) is 10.7. The first-order valence-electron chi connectivity index (χ1n) is 10.3. The smallest absolute Gasteiger partial charge is 0.162 e. The quantitative estimate of drug-likeness (QED) is 0.306. The van der Waals surface area contributed by atoms with Crippen molar-refractivity contribution >= 4 is 27.5 Å². The van der Waals surface area contributed by atoms with E-state index < -0.39 is 0 Å². The fraction of sp³-hybridized carbons (Fsp3) is 0.280. The van der Waals surface area contributed by atoms with Crippen molar-refractivity contribution in [2.45, 2.75) is 26.5 Å². The minimum atomic E-state index is 0.420. The van der Waals surface area contributed by atoms with Crippen LogP contribution in [0, 0.1) is 0 Å². The molecule has 0 aliphatic heterocycles. The number of rotatable bonds is 11. The number of methoxy groups -OCH3 is 1. The molecule has 3 aromatic carbocycles. The van der Waals surface area contributed by atoms with Crippen molar-refractivity contribution in [1.82, 2.24) is 5.32 Å². The van der Waals surface area contributed by atoms with Gasteiger partial charge in [0, 0.05) is 16.0 Å². The third kappa shape index (κ3) is 6.89. The van der Waals surface area contributed by atoms with E-state index in [1.165, 1.54) is 5.56 Å². The topological polar surface area (TPSA) is 39.7 Å². The molecule has 0 radical (unpaired) electrons. The Kier molecular flexibility index (Phi) is 9.07. The zero-order valence-electron chi connectivity index (χ0n) is 17.8. The molecule has 4 nitrogen and oxygen atoms in total. The molecule has 0 atom stereocenters. The summed E-state index contributed by atoms with van der Waals surface area (Å²) in [6.45, 7) is 4.50. The summed E-state index contributed by atoms with van der Waals surface area (Å²) < 4.78 is 18.3. The maximum Gasteiger partial charge on any atom is 0.162 e. The zero-order chi connectivity index (χ0) is 22.1. The molecule has 3 aromatic rings. The highest BCUT2D eigenvalue weighted by atomic mass is 79.9. The van der Waals surface area contributed by atoms with Crippen LogP contribution in [0.15, 0.2) is 65.1 Å². The molecule has 164 valence electrons. The largest absolute Gasteiger partial charge is 0.496 e. The lowest BCUT2D eigenvalue weighted by atomic mass is 10.1. The van der Waals surface area contributed by atoms with Gasteiger partial charge < -0.3 is 19.5 Å². The van der Waals surface area contributed by atoms with Crippen molar-refractivity contribution < 1.29 is 14.2 Å². The average Bonchev–Trinajstić information content (AvgIpc) is 2.77. The Balaban J connectivity index is 1.62. The molecular weight excluding hydrogens is 478 g/mol. The van der Waals surface area contributed by atoms with Crippen molar-refractivity contribution in [2.75, 3.05) is 20.3 Å². The van der Waals surface area contributed by atoms with Gasteiger partial charge in [0.25, 0.3) is 0 Å². The van der Waals surface area contributed by atoms with Gasteiger partial charge in [0.05, 0.1) is 13.7 Å². The van der Waals surface area contributed by atoms with E-state index in [4.69, 9.17) is 25.8 Å². The fourth-order valence-corrected chi connectivity index (χ4v) is 3.91. The first-order chi connectivity index (χ1) is 15.1. The minimum absolute atomic E-state index is 0.420. The molecular formula is C25H27BrClNO3. The molecule has 0 aliphatic rings. The van der Waals surface area contributed by atoms with Crippen molar-refractivity contribution in [3.05, 3.63) is 86.8 Å². The Morgan fingerprint density at radius 2 is 1.71 bits per heavy atom. The van der Waals surface area contributed by atoms with E-state index in [0.717, 1.165) is 40.1 Å². The average molecular weight is 505 g/mol. The van der Waals surface area contributed by atoms with Gasteiger partial charge in [0.1, 0.15) is 12.4 Å². The summed E-state index contributed by atoms with van der Waals surface area (Å²) >= 11 is 9.74. The van der Waals surface area contributed by atoms with Gasteiger partial charge >= 0.3 is 0 Å². The molecule has 0 saturated carbocycles. The minimum Gasteiger partial charge on any atom is -0.496 e. The standard InChI is InChI=1S/C25H27BrClNO3/c1-3-30-24-14-20(16-28-12-11-19-8-4-5-10-23(19)29-2)22(26)15-25(24)31-17-18-7-6-9-21(27)13-18/h4-10,13-15,28H,3,11-12,16-17H2,1-2H3. The van der Waals surface area contributed by atoms with Crippen molar-refractivity contribution in [3.63, 3.8) is 0 Å². The number of benzene rings is 3. The van der Waals surface area contributed by atoms with E-state index in [1.807, 2.05) is 61.5 Å². The summed E-state index contributed by atoms with van der Waals surface area (Å²) in [4.78, 5) is 0. The lowest BCUT2D eigenvalue weighted by molar-refractivity contribution is 0.269. The van der Waals surface area contributed by atoms with Crippen LogP contribution < -0.4 is 19.5 Å². The van der Waals surface area contributed by atoms with Gasteiger partial charge in [-0.2, -0.15) is 0 Å². The predicted octanol–water partition coefficient (Wildman–Crippen LogP) is 6.42. The van der Waals surface area contributed by atoms with Crippen LogP contribution in [-0.4, -0.2) is 20.3 Å². The number of hydrogen-bond acceptors (Lipinski definition) is 4. The lowest BCUT2D eigenvalue weighted by Crippen LogP contribution is -2.17. The zero-order valence-corrected chi connectivity index (χ0v) is 20.1. The number of hydrogen-bond donors (Lipinski definition) is 1. The highest BCUT2D eigenvalue weighted by Crippen LogP contribution is 2.34. The van der Waals surface area contributed by atoms with Crippen molar-refractivity contribution in [1.29, 1.82) is 0 Å². The summed E-state index contributed by atoms with van der Waals surface area (Å²) in [6.07, 6.45) is 0.890. The van der Waals surface area contributed by atoms with Crippen LogP contribution in [0.2, 0.25) is 5.02 Å². The van der Waals surface area contributed by atoms with Gasteiger partial charge in [-0.15, -0.1) is 0 Å². The summed E-state index contributed by atoms with van der Waals surface area (Å²) in [6, 6.07) is 19.7. The Bertz CT molecular complexity index is 996. The number of para-hydroxylation sites is 1. The molecule has 6 heteroatoms. The molecule has 0 aromatic heterocycles. The maximum atomic E-state index is 6.07. The summed E-state index contributed by atoms with van der Waals surface area (Å²) in [5, 5.41) is 4.19. The summed E-state index contributed by atoms with van der Waals surface area (Å²) in [5.41, 5.74) is 3.31. The summed E-state index contributed by atoms with van der Waals surface area (Å²) in [5.74, 6) is 2.35. The van der Waals surface area contributed by atoms with Crippen LogP contribution in [0.25, 0.3) is 0 Å². The molecule has 0 fully saturated rings. The Hall–Kier alpha value is -2.21. The monoisotopic (exact) mass is 503 g/mol. The molecule has 0 bridgehead atoms. The summed E-state index contributed by atoms with van der Waals surface area (Å²) in [7, 11) is 1.70. The van der Waals surface area contributed by atoms with Gasteiger partial charge in [0.2, 0.25) is 0 Å². The van der Waals surface area contributed by atoms with Crippen LogP contribution in [0.3, 0.4) is 0 Å². The highest BCUT2D eigenvalue weighted by Gasteiger charge is 2.12. The second-order valence-corrected chi connectivity index (χ2v) is 8.27. The molecule has 1 N–H and O–H groups in total. The Morgan fingerprint density at radius 3 is 2.48 bits per heavy atom. The number of halogens is 2. The molecule has 0 spiro atoms. The third-order valence-corrected chi connectivity index (χ3v) is 5.75. The molecule has 0 heterocycles. The molecule has 0 saturated heterocycles. The van der Waals surface area contributed by atoms with Crippen molar-refractivity contribution in [3.8, 4) is 17.2 Å². The van der Waals surface area contributed by atoms with E-state index in [-0.39, 0.29) is 0 Å². The van der Waals surface area contributed by atoms with Crippen LogP contribution in [-0.2, 0) is 19.6 Å². The van der Waals surface area contributed by atoms with Gasteiger partial charge in [-0.05, 0) is 66.9 Å². The van der Waals surface area contributed by atoms with Gasteiger partial charge in [-0.1, -0.05) is 57.9 Å². The van der Waals surface area contributed by atoms with E-state index in [9.17, 15) is 0 Å². The first-order valence-corrected chi connectivity index (χ1v) is 11.4. The predicted molar refractivity (Wildman–Crippen MR) is 129 cm³/mol. The SMILES string of the molecule is CCOc1cc(CNCCc2ccccc2OC)c(Br)cc1OCc1cccc(Cl)c1. The van der Waals surface area contributed by atoms with Crippen molar-refractivity contribution in [2.24, 2.45) is 0 Å². The van der Waals surface area contributed by atoms with Crippen LogP contribution in [0.4, 0.5) is 0 Å². The van der Waals surface area contributed by atoms with E-state index in [1.54, 1.807) is 7.11 Å². The van der Waals surface area contributed by atoms with E-state index in [0.29, 0.717) is 30.5 Å². The number of ether oxygens (including phenoxy) is 3. The van der Waals surface area contributed by atoms with E-state index >= 15 is 0 Å². The molecule has 31 heavy (non-hydrogen) atoms. The molecule has 0 amide bonds. The molecule has 3 rings (SSSR count). The van der Waals surface area contributed by atoms with Crippen LogP contribution in [0.1, 0.15) is 23.6 Å². The number of nitrogens with one attached hydrogen (secondary N) is 1. The Labute approximate surface area is 197 Å². The second-order valence-electron chi connectivity index (χ2n) is 6.98. The Morgan fingerprint density at radius 1 is 0.903 bits per heavy atom. The van der Waals surface area contributed by atoms with Gasteiger partial charge in [0.15, 0.2) is 11.5 Å². The fourth-order valence-electron chi connectivity index (χ4n) is 3.24. The molecule has 0 aliphatic carbocycles. The van der Waals surface area contributed by atoms with Gasteiger partial charge in [-0.25, -0.2) is 0 Å². The molecule has 0 unspecified atom stereocenters. The van der Waals surface area contributed by atoms with Gasteiger partial charge in [-0.3, -0.25) is 0 Å². The second kappa shape index (κ2) is 12.0.